The molecule has 0 unspecified atom stereocenters. The molecular formula is C14H14F3N7O4. The van der Waals surface area contributed by atoms with Crippen LogP contribution in [0.2, 0.25) is 0 Å². The van der Waals surface area contributed by atoms with Crippen molar-refractivity contribution in [2.45, 2.75) is 19.3 Å². The average molecular weight is 401 g/mol. The molecule has 0 bridgehead atoms. The second-order valence-corrected chi connectivity index (χ2v) is 5.52. The van der Waals surface area contributed by atoms with Gasteiger partial charge < -0.3 is 15.3 Å². The van der Waals surface area contributed by atoms with Crippen molar-refractivity contribution in [2.24, 2.45) is 0 Å². The molecule has 3 rings (SSSR count). The van der Waals surface area contributed by atoms with Gasteiger partial charge in [0, 0.05) is 0 Å². The van der Waals surface area contributed by atoms with Crippen molar-refractivity contribution in [3.63, 3.8) is 0 Å². The lowest BCUT2D eigenvalue weighted by molar-refractivity contribution is -0.140. The molecule has 1 amide bonds. The molecule has 0 aromatic carbocycles. The summed E-state index contributed by atoms with van der Waals surface area (Å²) in [5, 5.41) is 9.12. The predicted octanol–water partition coefficient (Wildman–Crippen LogP) is 0.0797. The first kappa shape index (κ1) is 19.2. The summed E-state index contributed by atoms with van der Waals surface area (Å²) in [4.78, 5) is 31.9. The molecule has 14 heteroatoms. The Bertz CT molecular complexity index is 1060. The molecule has 3 aromatic heterocycles. The highest BCUT2D eigenvalue weighted by molar-refractivity contribution is 5.93. The van der Waals surface area contributed by atoms with E-state index in [1.165, 1.54) is 18.4 Å². The van der Waals surface area contributed by atoms with Crippen molar-refractivity contribution in [3.8, 4) is 0 Å². The second kappa shape index (κ2) is 7.22. The maximum absolute atomic E-state index is 13.0. The third-order valence-corrected chi connectivity index (χ3v) is 3.57. The van der Waals surface area contributed by atoms with Crippen LogP contribution in [-0.4, -0.2) is 42.9 Å². The minimum atomic E-state index is -4.72. The van der Waals surface area contributed by atoms with Gasteiger partial charge in [-0.2, -0.15) is 23.1 Å². The first-order valence-corrected chi connectivity index (χ1v) is 7.75. The standard InChI is InChI=1S/C14H14F3N7O4/c15-14(16,17)6-24-8-9(21-22-11(26)7-2-1-5-28-7)19-12(18)20-10(8)23(3-4-25)13(24)27/h1-2,5,25H,3-4,6H2,(H,22,26)(H3,18,19,20,21). The van der Waals surface area contributed by atoms with Crippen LogP contribution in [-0.2, 0) is 13.1 Å². The number of rotatable bonds is 6. The number of carbonyl (C=O) groups is 1. The number of hydrogen-bond acceptors (Lipinski definition) is 8. The molecule has 11 nitrogen and oxygen atoms in total. The fraction of sp³-hybridized carbons (Fsp3) is 0.286. The Balaban J connectivity index is 2.09. The highest BCUT2D eigenvalue weighted by Crippen LogP contribution is 2.24. The first-order valence-electron chi connectivity index (χ1n) is 7.75. The van der Waals surface area contributed by atoms with Gasteiger partial charge in [-0.3, -0.25) is 24.8 Å². The summed E-state index contributed by atoms with van der Waals surface area (Å²) in [6.07, 6.45) is -3.47. The van der Waals surface area contributed by atoms with E-state index in [2.05, 4.69) is 20.8 Å². The van der Waals surface area contributed by atoms with Crippen molar-refractivity contribution in [2.75, 3.05) is 17.8 Å². The molecule has 0 aliphatic rings. The van der Waals surface area contributed by atoms with E-state index in [-0.39, 0.29) is 35.2 Å². The first-order chi connectivity index (χ1) is 13.2. The number of imidazole rings is 1. The normalized spacial score (nSPS) is 11.7. The summed E-state index contributed by atoms with van der Waals surface area (Å²) in [5.41, 5.74) is 8.45. The molecule has 0 fully saturated rings. The Labute approximate surface area is 153 Å². The van der Waals surface area contributed by atoms with Crippen LogP contribution in [0.25, 0.3) is 11.2 Å². The van der Waals surface area contributed by atoms with E-state index in [1.54, 1.807) is 0 Å². The maximum Gasteiger partial charge on any atom is 0.406 e. The Kier molecular flexibility index (Phi) is 4.96. The topological polar surface area (TPSA) is 153 Å². The lowest BCUT2D eigenvalue weighted by Gasteiger charge is -2.11. The molecule has 3 aromatic rings. The van der Waals surface area contributed by atoms with E-state index in [1.807, 2.05) is 0 Å². The average Bonchev–Trinajstić information content (AvgIpc) is 3.22. The molecule has 28 heavy (non-hydrogen) atoms. The minimum absolute atomic E-state index is 0.0729. The molecule has 5 N–H and O–H groups in total. The largest absolute Gasteiger partial charge is 0.459 e. The van der Waals surface area contributed by atoms with E-state index in [0.717, 1.165) is 4.57 Å². The van der Waals surface area contributed by atoms with Gasteiger partial charge in [0.1, 0.15) is 12.1 Å². The van der Waals surface area contributed by atoms with Crippen LogP contribution >= 0.6 is 0 Å². The number of amides is 1. The molecular weight excluding hydrogens is 387 g/mol. The third kappa shape index (κ3) is 3.75. The fourth-order valence-corrected chi connectivity index (χ4v) is 2.53. The number of carbonyl (C=O) groups excluding carboxylic acids is 1. The highest BCUT2D eigenvalue weighted by Gasteiger charge is 2.32. The van der Waals surface area contributed by atoms with Crippen LogP contribution in [0.1, 0.15) is 10.6 Å². The molecule has 150 valence electrons. The van der Waals surface area contributed by atoms with Gasteiger partial charge in [0.15, 0.2) is 17.2 Å². The third-order valence-electron chi connectivity index (χ3n) is 3.57. The number of nitrogens with one attached hydrogen (secondary N) is 2. The SMILES string of the molecule is Nc1nc(NNC(=O)c2ccco2)c2c(n1)n(CCO)c(=O)n2CC(F)(F)F. The number of halogens is 3. The Hall–Kier alpha value is -3.55. The Morgan fingerprint density at radius 3 is 2.68 bits per heavy atom. The van der Waals surface area contributed by atoms with E-state index >= 15 is 0 Å². The van der Waals surface area contributed by atoms with Gasteiger partial charge in [-0.1, -0.05) is 0 Å². The molecule has 3 heterocycles. The van der Waals surface area contributed by atoms with Gasteiger partial charge in [0.25, 0.3) is 0 Å². The number of aliphatic hydroxyl groups excluding tert-OH is 1. The zero-order chi connectivity index (χ0) is 20.5. The van der Waals surface area contributed by atoms with Gasteiger partial charge in [0.2, 0.25) is 5.95 Å². The van der Waals surface area contributed by atoms with Crippen molar-refractivity contribution < 1.29 is 27.5 Å². The lowest BCUT2D eigenvalue weighted by atomic mass is 10.4. The van der Waals surface area contributed by atoms with Crippen molar-refractivity contribution in [1.29, 1.82) is 0 Å². The van der Waals surface area contributed by atoms with Crippen LogP contribution in [0.15, 0.2) is 27.6 Å². The zero-order valence-electron chi connectivity index (χ0n) is 14.0. The number of nitrogens with two attached hydrogens (primary N) is 1. The van der Waals surface area contributed by atoms with Crippen LogP contribution in [0, 0.1) is 0 Å². The number of aliphatic hydroxyl groups is 1. The summed E-state index contributed by atoms with van der Waals surface area (Å²) in [5.74, 6) is -1.51. The van der Waals surface area contributed by atoms with E-state index < -0.39 is 30.9 Å². The van der Waals surface area contributed by atoms with Crippen LogP contribution in [0.5, 0.6) is 0 Å². The van der Waals surface area contributed by atoms with Gasteiger partial charge in [0.05, 0.1) is 19.4 Å². The Morgan fingerprint density at radius 2 is 2.07 bits per heavy atom. The number of furan rings is 1. The summed E-state index contributed by atoms with van der Waals surface area (Å²) >= 11 is 0. The van der Waals surface area contributed by atoms with Gasteiger partial charge in [-0.15, -0.1) is 0 Å². The van der Waals surface area contributed by atoms with Crippen molar-refractivity contribution >= 4 is 28.8 Å². The summed E-state index contributed by atoms with van der Waals surface area (Å²) in [7, 11) is 0. The van der Waals surface area contributed by atoms with E-state index in [9.17, 15) is 22.8 Å². The van der Waals surface area contributed by atoms with Crippen LogP contribution < -0.4 is 22.3 Å². The highest BCUT2D eigenvalue weighted by atomic mass is 19.4. The number of alkyl halides is 3. The number of nitrogens with zero attached hydrogens (tertiary/aromatic N) is 4. The predicted molar refractivity (Wildman–Crippen MR) is 89.1 cm³/mol. The minimum Gasteiger partial charge on any atom is -0.459 e. The van der Waals surface area contributed by atoms with Crippen molar-refractivity contribution in [3.05, 3.63) is 34.6 Å². The maximum atomic E-state index is 13.0. The molecule has 0 saturated carbocycles. The van der Waals surface area contributed by atoms with Crippen LogP contribution in [0.4, 0.5) is 24.9 Å². The number of nitrogen functional groups attached to an aromatic ring is 1. The summed E-state index contributed by atoms with van der Waals surface area (Å²) < 4.78 is 45.0. The molecule has 0 saturated heterocycles. The summed E-state index contributed by atoms with van der Waals surface area (Å²) in [6, 6.07) is 2.82. The van der Waals surface area contributed by atoms with Gasteiger partial charge >= 0.3 is 17.8 Å². The number of fused-ring (bicyclic) bond motifs is 1. The molecule has 0 atom stereocenters. The molecule has 0 aliphatic heterocycles. The van der Waals surface area contributed by atoms with Crippen LogP contribution in [0.3, 0.4) is 0 Å². The quantitative estimate of drug-likeness (QED) is 0.424. The molecule has 0 aliphatic carbocycles. The molecule has 0 radical (unpaired) electrons. The fourth-order valence-electron chi connectivity index (χ4n) is 2.53. The monoisotopic (exact) mass is 401 g/mol. The lowest BCUT2D eigenvalue weighted by Crippen LogP contribution is -2.32. The number of hydrogen-bond donors (Lipinski definition) is 4. The second-order valence-electron chi connectivity index (χ2n) is 5.52. The summed E-state index contributed by atoms with van der Waals surface area (Å²) in [6.45, 7) is -2.46. The van der Waals surface area contributed by atoms with E-state index in [0.29, 0.717) is 4.57 Å². The smallest absolute Gasteiger partial charge is 0.406 e. The van der Waals surface area contributed by atoms with E-state index in [4.69, 9.17) is 15.3 Å². The number of hydrazine groups is 1. The molecule has 0 spiro atoms. The number of anilines is 2. The Morgan fingerprint density at radius 1 is 1.32 bits per heavy atom. The number of aromatic nitrogens is 4. The zero-order valence-corrected chi connectivity index (χ0v) is 14.0. The van der Waals surface area contributed by atoms with Gasteiger partial charge in [-0.05, 0) is 12.1 Å². The van der Waals surface area contributed by atoms with Crippen molar-refractivity contribution in [1.82, 2.24) is 24.5 Å². The van der Waals surface area contributed by atoms with Gasteiger partial charge in [-0.25, -0.2) is 4.79 Å².